The largest absolute Gasteiger partial charge is 0.391 e. The second kappa shape index (κ2) is 2.75. The first-order valence-electron chi connectivity index (χ1n) is 3.55. The monoisotopic (exact) mass is 171 g/mol. The van der Waals surface area contributed by atoms with Gasteiger partial charge in [0.2, 0.25) is 5.13 Å². The molecule has 2 rings (SSSR count). The van der Waals surface area contributed by atoms with Crippen LogP contribution in [0.5, 0.6) is 0 Å². The van der Waals surface area contributed by atoms with Gasteiger partial charge < -0.3 is 10.0 Å². The second-order valence-electron chi connectivity index (χ2n) is 2.61. The number of hydrogen-bond donors (Lipinski definition) is 1. The van der Waals surface area contributed by atoms with Crippen molar-refractivity contribution < 1.29 is 5.11 Å². The normalized spacial score (nSPS) is 24.5. The molecule has 0 saturated carbocycles. The number of hydrogen-bond acceptors (Lipinski definition) is 5. The molecule has 11 heavy (non-hydrogen) atoms. The minimum atomic E-state index is -0.182. The second-order valence-corrected chi connectivity index (χ2v) is 3.42. The molecule has 60 valence electrons. The molecule has 1 aromatic rings. The Balaban J connectivity index is 2.08. The molecular formula is C6H9N3OS. The van der Waals surface area contributed by atoms with Gasteiger partial charge in [-0.15, -0.1) is 10.2 Å². The van der Waals surface area contributed by atoms with Crippen molar-refractivity contribution in [3.8, 4) is 0 Å². The van der Waals surface area contributed by atoms with Crippen LogP contribution >= 0.6 is 11.3 Å². The molecular weight excluding hydrogens is 162 g/mol. The zero-order chi connectivity index (χ0) is 7.68. The van der Waals surface area contributed by atoms with Crippen LogP contribution < -0.4 is 4.90 Å². The molecule has 0 aromatic carbocycles. The summed E-state index contributed by atoms with van der Waals surface area (Å²) in [5.74, 6) is 0. The maximum Gasteiger partial charge on any atom is 0.208 e. The first-order chi connectivity index (χ1) is 5.36. The number of rotatable bonds is 1. The third-order valence-electron chi connectivity index (χ3n) is 1.78. The Morgan fingerprint density at radius 3 is 3.18 bits per heavy atom. The maximum atomic E-state index is 9.21. The third-order valence-corrected chi connectivity index (χ3v) is 2.53. The summed E-state index contributed by atoms with van der Waals surface area (Å²) in [5, 5.41) is 17.8. The van der Waals surface area contributed by atoms with E-state index in [0.29, 0.717) is 6.54 Å². The lowest BCUT2D eigenvalue weighted by Gasteiger charge is -2.11. The molecule has 1 atom stereocenters. The molecule has 0 amide bonds. The van der Waals surface area contributed by atoms with E-state index < -0.39 is 0 Å². The smallest absolute Gasteiger partial charge is 0.208 e. The van der Waals surface area contributed by atoms with Crippen LogP contribution in [0.25, 0.3) is 0 Å². The fourth-order valence-electron chi connectivity index (χ4n) is 1.22. The van der Waals surface area contributed by atoms with Crippen LogP contribution in [-0.2, 0) is 0 Å². The first kappa shape index (κ1) is 7.00. The molecule has 0 radical (unpaired) electrons. The molecule has 1 fully saturated rings. The van der Waals surface area contributed by atoms with E-state index in [1.54, 1.807) is 5.51 Å². The van der Waals surface area contributed by atoms with Crippen molar-refractivity contribution in [3.05, 3.63) is 5.51 Å². The Morgan fingerprint density at radius 1 is 1.73 bits per heavy atom. The molecule has 5 heteroatoms. The highest BCUT2D eigenvalue weighted by Gasteiger charge is 2.21. The highest BCUT2D eigenvalue weighted by atomic mass is 32.1. The molecule has 1 aliphatic heterocycles. The Labute approximate surface area is 68.5 Å². The predicted molar refractivity (Wildman–Crippen MR) is 42.7 cm³/mol. The minimum Gasteiger partial charge on any atom is -0.391 e. The van der Waals surface area contributed by atoms with Gasteiger partial charge in [-0.1, -0.05) is 11.3 Å². The SMILES string of the molecule is O[C@@H]1CCN(c2nncs2)C1. The van der Waals surface area contributed by atoms with E-state index in [9.17, 15) is 5.11 Å². The highest BCUT2D eigenvalue weighted by molar-refractivity contribution is 7.13. The van der Waals surface area contributed by atoms with Crippen LogP contribution in [0.4, 0.5) is 5.13 Å². The van der Waals surface area contributed by atoms with E-state index >= 15 is 0 Å². The Kier molecular flexibility index (Phi) is 1.75. The van der Waals surface area contributed by atoms with E-state index in [2.05, 4.69) is 15.1 Å². The summed E-state index contributed by atoms with van der Waals surface area (Å²) in [4.78, 5) is 2.06. The van der Waals surface area contributed by atoms with Gasteiger partial charge in [-0.05, 0) is 6.42 Å². The van der Waals surface area contributed by atoms with E-state index in [4.69, 9.17) is 0 Å². The van der Waals surface area contributed by atoms with Crippen LogP contribution in [-0.4, -0.2) is 34.5 Å². The van der Waals surface area contributed by atoms with Crippen LogP contribution in [0.3, 0.4) is 0 Å². The van der Waals surface area contributed by atoms with E-state index in [0.717, 1.165) is 18.1 Å². The molecule has 0 spiro atoms. The number of aliphatic hydroxyl groups excluding tert-OH is 1. The van der Waals surface area contributed by atoms with E-state index in [-0.39, 0.29) is 6.10 Å². The van der Waals surface area contributed by atoms with Gasteiger partial charge in [0.1, 0.15) is 5.51 Å². The van der Waals surface area contributed by atoms with Crippen molar-refractivity contribution in [1.82, 2.24) is 10.2 Å². The standard InChI is InChI=1S/C6H9N3OS/c10-5-1-2-9(3-5)6-8-7-4-11-6/h4-5,10H,1-3H2/t5-/m1/s1. The van der Waals surface area contributed by atoms with E-state index in [1.165, 1.54) is 11.3 Å². The molecule has 1 aromatic heterocycles. The number of β-amino-alcohol motifs (C(OH)–C–C–N with tert-alkyl or cyclic N) is 1. The van der Waals surface area contributed by atoms with Crippen LogP contribution in [0.15, 0.2) is 5.51 Å². The number of aromatic nitrogens is 2. The zero-order valence-electron chi connectivity index (χ0n) is 5.97. The van der Waals surface area contributed by atoms with Crippen molar-refractivity contribution in [1.29, 1.82) is 0 Å². The summed E-state index contributed by atoms with van der Waals surface area (Å²) in [6.45, 7) is 1.60. The molecule has 2 heterocycles. The van der Waals surface area contributed by atoms with Gasteiger partial charge in [0.25, 0.3) is 0 Å². The molecule has 0 aliphatic carbocycles. The van der Waals surface area contributed by atoms with Gasteiger partial charge in [-0.3, -0.25) is 0 Å². The predicted octanol–water partition coefficient (Wildman–Crippen LogP) is 0.109. The fraction of sp³-hybridized carbons (Fsp3) is 0.667. The maximum absolute atomic E-state index is 9.21. The average molecular weight is 171 g/mol. The highest BCUT2D eigenvalue weighted by Crippen LogP contribution is 2.20. The molecule has 1 saturated heterocycles. The number of nitrogens with zero attached hydrogens (tertiary/aromatic N) is 3. The minimum absolute atomic E-state index is 0.182. The first-order valence-corrected chi connectivity index (χ1v) is 4.43. The summed E-state index contributed by atoms with van der Waals surface area (Å²) in [6, 6.07) is 0. The molecule has 0 bridgehead atoms. The molecule has 4 nitrogen and oxygen atoms in total. The van der Waals surface area contributed by atoms with Crippen LogP contribution in [0, 0.1) is 0 Å². The Hall–Kier alpha value is -0.680. The zero-order valence-corrected chi connectivity index (χ0v) is 6.79. The summed E-state index contributed by atoms with van der Waals surface area (Å²) in [5.41, 5.74) is 1.71. The van der Waals surface area contributed by atoms with E-state index in [1.807, 2.05) is 0 Å². The van der Waals surface area contributed by atoms with Crippen LogP contribution in [0.2, 0.25) is 0 Å². The molecule has 1 aliphatic rings. The van der Waals surface area contributed by atoms with Gasteiger partial charge in [0.05, 0.1) is 6.10 Å². The summed E-state index contributed by atoms with van der Waals surface area (Å²) >= 11 is 1.51. The quantitative estimate of drug-likeness (QED) is 0.651. The van der Waals surface area contributed by atoms with Crippen molar-refractivity contribution in [2.75, 3.05) is 18.0 Å². The van der Waals surface area contributed by atoms with Gasteiger partial charge in [0.15, 0.2) is 0 Å². The molecule has 1 N–H and O–H groups in total. The van der Waals surface area contributed by atoms with Crippen molar-refractivity contribution in [3.63, 3.8) is 0 Å². The van der Waals surface area contributed by atoms with Gasteiger partial charge in [0, 0.05) is 13.1 Å². The average Bonchev–Trinajstić information content (AvgIpc) is 2.55. The van der Waals surface area contributed by atoms with Crippen LogP contribution in [0.1, 0.15) is 6.42 Å². The fourth-order valence-corrected chi connectivity index (χ4v) is 1.82. The van der Waals surface area contributed by atoms with Gasteiger partial charge in [-0.25, -0.2) is 0 Å². The third kappa shape index (κ3) is 1.34. The Morgan fingerprint density at radius 2 is 2.64 bits per heavy atom. The lowest BCUT2D eigenvalue weighted by molar-refractivity contribution is 0.198. The summed E-state index contributed by atoms with van der Waals surface area (Å²) in [6.07, 6.45) is 0.665. The van der Waals surface area contributed by atoms with Crippen molar-refractivity contribution >= 4 is 16.5 Å². The molecule has 0 unspecified atom stereocenters. The number of anilines is 1. The lowest BCUT2D eigenvalue weighted by Crippen LogP contribution is -2.20. The number of aliphatic hydroxyl groups is 1. The summed E-state index contributed by atoms with van der Waals surface area (Å²) in [7, 11) is 0. The topological polar surface area (TPSA) is 49.2 Å². The van der Waals surface area contributed by atoms with Crippen molar-refractivity contribution in [2.24, 2.45) is 0 Å². The Bertz CT molecular complexity index is 226. The van der Waals surface area contributed by atoms with Gasteiger partial charge in [-0.2, -0.15) is 0 Å². The van der Waals surface area contributed by atoms with Gasteiger partial charge >= 0.3 is 0 Å². The van der Waals surface area contributed by atoms with Crippen molar-refractivity contribution in [2.45, 2.75) is 12.5 Å². The summed E-state index contributed by atoms with van der Waals surface area (Å²) < 4.78 is 0. The lowest BCUT2D eigenvalue weighted by atomic mass is 10.3.